The molecule has 1 heterocycles. The van der Waals surface area contributed by atoms with Crippen LogP contribution in [-0.4, -0.2) is 26.3 Å². The Labute approximate surface area is 121 Å². The Morgan fingerprint density at radius 1 is 1.10 bits per heavy atom. The Balaban J connectivity index is 1.43. The maximum atomic E-state index is 5.61. The van der Waals surface area contributed by atoms with Crippen molar-refractivity contribution >= 4 is 0 Å². The summed E-state index contributed by atoms with van der Waals surface area (Å²) in [6, 6.07) is 6.27. The fourth-order valence-corrected chi connectivity index (χ4v) is 2.82. The molecule has 108 valence electrons. The Morgan fingerprint density at radius 3 is 2.85 bits per heavy atom. The third-order valence-electron chi connectivity index (χ3n) is 4.01. The van der Waals surface area contributed by atoms with Crippen LogP contribution in [0.1, 0.15) is 24.8 Å². The quantitative estimate of drug-likeness (QED) is 0.661. The molecule has 0 aromatic heterocycles. The minimum Gasteiger partial charge on any atom is -0.486 e. The van der Waals surface area contributed by atoms with Gasteiger partial charge in [0.25, 0.3) is 0 Å². The van der Waals surface area contributed by atoms with E-state index in [0.717, 1.165) is 36.9 Å². The Bertz CT molecular complexity index is 470. The first-order valence-electron chi connectivity index (χ1n) is 7.66. The molecule has 1 N–H and O–H groups in total. The van der Waals surface area contributed by atoms with Gasteiger partial charge in [0, 0.05) is 0 Å². The van der Waals surface area contributed by atoms with Gasteiger partial charge < -0.3 is 14.8 Å². The first-order valence-corrected chi connectivity index (χ1v) is 7.66. The van der Waals surface area contributed by atoms with Crippen LogP contribution in [0.5, 0.6) is 11.5 Å². The van der Waals surface area contributed by atoms with Crippen molar-refractivity contribution in [2.45, 2.75) is 25.7 Å². The van der Waals surface area contributed by atoms with Crippen molar-refractivity contribution in [2.75, 3.05) is 26.3 Å². The molecule has 0 saturated carbocycles. The van der Waals surface area contributed by atoms with Gasteiger partial charge >= 0.3 is 0 Å². The summed E-state index contributed by atoms with van der Waals surface area (Å²) in [7, 11) is 0. The summed E-state index contributed by atoms with van der Waals surface area (Å²) in [6.45, 7) is 3.47. The zero-order valence-corrected chi connectivity index (χ0v) is 11.9. The number of nitrogens with one attached hydrogen (secondary N) is 1. The van der Waals surface area contributed by atoms with Crippen molar-refractivity contribution in [1.82, 2.24) is 5.32 Å². The van der Waals surface area contributed by atoms with Gasteiger partial charge in [0.05, 0.1) is 0 Å². The summed E-state index contributed by atoms with van der Waals surface area (Å²) in [4.78, 5) is 0. The molecule has 20 heavy (non-hydrogen) atoms. The summed E-state index contributed by atoms with van der Waals surface area (Å²) in [6.07, 6.45) is 9.46. The van der Waals surface area contributed by atoms with E-state index in [4.69, 9.17) is 9.47 Å². The molecule has 3 heteroatoms. The summed E-state index contributed by atoms with van der Waals surface area (Å²) in [5.74, 6) is 2.59. The van der Waals surface area contributed by atoms with Crippen molar-refractivity contribution in [2.24, 2.45) is 5.92 Å². The van der Waals surface area contributed by atoms with Crippen LogP contribution in [0.25, 0.3) is 0 Å². The third kappa shape index (κ3) is 3.54. The van der Waals surface area contributed by atoms with Crippen LogP contribution < -0.4 is 14.8 Å². The summed E-state index contributed by atoms with van der Waals surface area (Å²) in [5, 5.41) is 3.58. The highest BCUT2D eigenvalue weighted by atomic mass is 16.6. The van der Waals surface area contributed by atoms with Crippen LogP contribution in [0.2, 0.25) is 0 Å². The lowest BCUT2D eigenvalue weighted by molar-refractivity contribution is 0.171. The van der Waals surface area contributed by atoms with Crippen molar-refractivity contribution in [1.29, 1.82) is 0 Å². The molecule has 0 saturated heterocycles. The molecular weight excluding hydrogens is 250 g/mol. The number of hydrogen-bond donors (Lipinski definition) is 1. The fourth-order valence-electron chi connectivity index (χ4n) is 2.82. The highest BCUT2D eigenvalue weighted by molar-refractivity contribution is 5.43. The van der Waals surface area contributed by atoms with Crippen LogP contribution in [0.15, 0.2) is 30.4 Å². The topological polar surface area (TPSA) is 30.5 Å². The van der Waals surface area contributed by atoms with E-state index in [1.54, 1.807) is 0 Å². The molecule has 0 amide bonds. The van der Waals surface area contributed by atoms with Crippen LogP contribution in [0, 0.1) is 5.92 Å². The SMILES string of the molecule is C1=CCC(CNCCc2ccc3c(c2)OCCO3)CC1. The second kappa shape index (κ2) is 6.80. The Kier molecular flexibility index (Phi) is 4.59. The standard InChI is InChI=1S/C17H23NO2/c1-2-4-15(5-3-1)13-18-9-8-14-6-7-16-17(12-14)20-11-10-19-16/h1-2,6-7,12,15,18H,3-5,8-11,13H2. The second-order valence-corrected chi connectivity index (χ2v) is 5.58. The lowest BCUT2D eigenvalue weighted by Gasteiger charge is -2.19. The maximum Gasteiger partial charge on any atom is 0.161 e. The summed E-state index contributed by atoms with van der Waals surface area (Å²) in [5.41, 5.74) is 1.31. The van der Waals surface area contributed by atoms with Gasteiger partial charge in [0.15, 0.2) is 11.5 Å². The maximum absolute atomic E-state index is 5.61. The van der Waals surface area contributed by atoms with Crippen LogP contribution in [0.4, 0.5) is 0 Å². The van der Waals surface area contributed by atoms with E-state index < -0.39 is 0 Å². The predicted octanol–water partition coefficient (Wildman–Crippen LogP) is 2.95. The van der Waals surface area contributed by atoms with E-state index in [1.165, 1.54) is 24.8 Å². The molecule has 1 aliphatic heterocycles. The van der Waals surface area contributed by atoms with Gasteiger partial charge in [-0.05, 0) is 62.4 Å². The van der Waals surface area contributed by atoms with Gasteiger partial charge in [0.1, 0.15) is 13.2 Å². The molecule has 0 spiro atoms. The minimum absolute atomic E-state index is 0.656. The number of rotatable bonds is 5. The molecular formula is C17H23NO2. The summed E-state index contributed by atoms with van der Waals surface area (Å²) < 4.78 is 11.1. The van der Waals surface area contributed by atoms with E-state index in [9.17, 15) is 0 Å². The Hall–Kier alpha value is -1.48. The molecule has 1 unspecified atom stereocenters. The van der Waals surface area contributed by atoms with E-state index in [-0.39, 0.29) is 0 Å². The van der Waals surface area contributed by atoms with Gasteiger partial charge in [-0.2, -0.15) is 0 Å². The van der Waals surface area contributed by atoms with Crippen LogP contribution in [0.3, 0.4) is 0 Å². The van der Waals surface area contributed by atoms with Gasteiger partial charge in [-0.1, -0.05) is 18.2 Å². The molecule has 3 nitrogen and oxygen atoms in total. The average Bonchev–Trinajstić information content (AvgIpc) is 2.52. The highest BCUT2D eigenvalue weighted by Gasteiger charge is 2.12. The molecule has 0 fully saturated rings. The Morgan fingerprint density at radius 2 is 2.00 bits per heavy atom. The number of ether oxygens (including phenoxy) is 2. The third-order valence-corrected chi connectivity index (χ3v) is 4.01. The van der Waals surface area contributed by atoms with Gasteiger partial charge in [-0.25, -0.2) is 0 Å². The normalized spacial score (nSPS) is 20.9. The second-order valence-electron chi connectivity index (χ2n) is 5.58. The number of benzene rings is 1. The molecule has 3 rings (SSSR count). The average molecular weight is 273 g/mol. The molecule has 0 bridgehead atoms. The first-order chi connectivity index (χ1) is 9.92. The number of hydrogen-bond acceptors (Lipinski definition) is 3. The van der Waals surface area contributed by atoms with Crippen molar-refractivity contribution in [3.63, 3.8) is 0 Å². The van der Waals surface area contributed by atoms with Gasteiger partial charge in [0.2, 0.25) is 0 Å². The highest BCUT2D eigenvalue weighted by Crippen LogP contribution is 2.30. The monoisotopic (exact) mass is 273 g/mol. The van der Waals surface area contributed by atoms with Crippen molar-refractivity contribution < 1.29 is 9.47 Å². The zero-order chi connectivity index (χ0) is 13.6. The largest absolute Gasteiger partial charge is 0.486 e. The van der Waals surface area contributed by atoms with Gasteiger partial charge in [-0.3, -0.25) is 0 Å². The van der Waals surface area contributed by atoms with E-state index in [1.807, 2.05) is 6.07 Å². The molecule has 1 atom stereocenters. The van der Waals surface area contributed by atoms with Crippen LogP contribution >= 0.6 is 0 Å². The molecule has 2 aliphatic rings. The van der Waals surface area contributed by atoms with E-state index in [2.05, 4.69) is 29.6 Å². The molecule has 0 radical (unpaired) electrons. The lowest BCUT2D eigenvalue weighted by atomic mass is 9.94. The number of allylic oxidation sites excluding steroid dienone is 2. The number of fused-ring (bicyclic) bond motifs is 1. The van der Waals surface area contributed by atoms with E-state index in [0.29, 0.717) is 13.2 Å². The van der Waals surface area contributed by atoms with Crippen LogP contribution in [-0.2, 0) is 6.42 Å². The fraction of sp³-hybridized carbons (Fsp3) is 0.529. The van der Waals surface area contributed by atoms with Crippen molar-refractivity contribution in [3.05, 3.63) is 35.9 Å². The van der Waals surface area contributed by atoms with E-state index >= 15 is 0 Å². The predicted molar refractivity (Wildman–Crippen MR) is 80.5 cm³/mol. The smallest absolute Gasteiger partial charge is 0.161 e. The molecule has 1 aliphatic carbocycles. The zero-order valence-electron chi connectivity index (χ0n) is 11.9. The van der Waals surface area contributed by atoms with Crippen molar-refractivity contribution in [3.8, 4) is 11.5 Å². The minimum atomic E-state index is 0.656. The lowest BCUT2D eigenvalue weighted by Crippen LogP contribution is -2.25. The molecule has 1 aromatic rings. The summed E-state index contributed by atoms with van der Waals surface area (Å²) >= 11 is 0. The first kappa shape index (κ1) is 13.5. The molecule has 1 aromatic carbocycles. The van der Waals surface area contributed by atoms with Gasteiger partial charge in [-0.15, -0.1) is 0 Å².